The molecule has 0 aromatic heterocycles. The fourth-order valence-corrected chi connectivity index (χ4v) is 2.08. The maximum atomic E-state index is 5.63. The highest BCUT2D eigenvalue weighted by atomic mass is 16.5. The lowest BCUT2D eigenvalue weighted by atomic mass is 9.89. The molecule has 2 heteroatoms. The van der Waals surface area contributed by atoms with E-state index in [9.17, 15) is 0 Å². The van der Waals surface area contributed by atoms with Gasteiger partial charge in [-0.3, -0.25) is 0 Å². The summed E-state index contributed by atoms with van der Waals surface area (Å²) in [5.74, 6) is 1.99. The highest BCUT2D eigenvalue weighted by molar-refractivity contribution is 4.72. The van der Waals surface area contributed by atoms with Crippen molar-refractivity contribution >= 4 is 0 Å². The van der Waals surface area contributed by atoms with Crippen molar-refractivity contribution < 1.29 is 9.47 Å². The SMILES string of the molecule is COCC(CCC(C)C)C(CC(C)C)OC. The predicted molar refractivity (Wildman–Crippen MR) is 69.7 cm³/mol. The van der Waals surface area contributed by atoms with Crippen LogP contribution in [0.5, 0.6) is 0 Å². The molecule has 2 nitrogen and oxygen atoms in total. The van der Waals surface area contributed by atoms with E-state index >= 15 is 0 Å². The van der Waals surface area contributed by atoms with Gasteiger partial charge in [-0.2, -0.15) is 0 Å². The lowest BCUT2D eigenvalue weighted by Gasteiger charge is -2.27. The molecule has 16 heavy (non-hydrogen) atoms. The highest BCUT2D eigenvalue weighted by Crippen LogP contribution is 2.23. The van der Waals surface area contributed by atoms with E-state index < -0.39 is 0 Å². The van der Waals surface area contributed by atoms with Crippen LogP contribution in [-0.2, 0) is 9.47 Å². The Balaban J connectivity index is 4.21. The Morgan fingerprint density at radius 1 is 0.875 bits per heavy atom. The molecule has 0 fully saturated rings. The molecule has 2 unspecified atom stereocenters. The molecule has 0 radical (unpaired) electrons. The number of hydrogen-bond acceptors (Lipinski definition) is 2. The van der Waals surface area contributed by atoms with Crippen LogP contribution in [0.4, 0.5) is 0 Å². The van der Waals surface area contributed by atoms with Crippen LogP contribution >= 0.6 is 0 Å². The molecular formula is C14H30O2. The molecule has 2 atom stereocenters. The molecule has 0 amide bonds. The fourth-order valence-electron chi connectivity index (χ4n) is 2.08. The van der Waals surface area contributed by atoms with Gasteiger partial charge in [0.25, 0.3) is 0 Å². The Bertz CT molecular complexity index is 155. The minimum absolute atomic E-state index is 0.346. The van der Waals surface area contributed by atoms with Gasteiger partial charge in [-0.15, -0.1) is 0 Å². The highest BCUT2D eigenvalue weighted by Gasteiger charge is 2.22. The third-order valence-electron chi connectivity index (χ3n) is 3.03. The molecule has 0 aromatic rings. The van der Waals surface area contributed by atoms with E-state index in [4.69, 9.17) is 9.47 Å². The summed E-state index contributed by atoms with van der Waals surface area (Å²) >= 11 is 0. The molecule has 0 rings (SSSR count). The van der Waals surface area contributed by atoms with E-state index in [2.05, 4.69) is 27.7 Å². The first-order valence-electron chi connectivity index (χ1n) is 6.52. The summed E-state index contributed by atoms with van der Waals surface area (Å²) in [5, 5.41) is 0. The van der Waals surface area contributed by atoms with E-state index in [1.807, 2.05) is 7.11 Å². The van der Waals surface area contributed by atoms with Crippen molar-refractivity contribution in [2.45, 2.75) is 53.1 Å². The lowest BCUT2D eigenvalue weighted by molar-refractivity contribution is -0.00247. The second kappa shape index (κ2) is 9.00. The van der Waals surface area contributed by atoms with Crippen molar-refractivity contribution in [3.8, 4) is 0 Å². The van der Waals surface area contributed by atoms with Crippen molar-refractivity contribution in [3.05, 3.63) is 0 Å². The summed E-state index contributed by atoms with van der Waals surface area (Å²) in [6.07, 6.45) is 3.93. The third kappa shape index (κ3) is 7.24. The zero-order valence-electron chi connectivity index (χ0n) is 12.0. The van der Waals surface area contributed by atoms with Gasteiger partial charge >= 0.3 is 0 Å². The Hall–Kier alpha value is -0.0800. The number of methoxy groups -OCH3 is 2. The molecule has 0 spiro atoms. The van der Waals surface area contributed by atoms with Crippen molar-refractivity contribution in [1.29, 1.82) is 0 Å². The largest absolute Gasteiger partial charge is 0.384 e. The van der Waals surface area contributed by atoms with Crippen molar-refractivity contribution in [2.24, 2.45) is 17.8 Å². The summed E-state index contributed by atoms with van der Waals surface area (Å²) in [6, 6.07) is 0. The van der Waals surface area contributed by atoms with Gasteiger partial charge in [0.2, 0.25) is 0 Å². The summed E-state index contributed by atoms with van der Waals surface area (Å²) < 4.78 is 10.9. The molecule has 0 heterocycles. The zero-order valence-corrected chi connectivity index (χ0v) is 12.0. The third-order valence-corrected chi connectivity index (χ3v) is 3.03. The van der Waals surface area contributed by atoms with Gasteiger partial charge in [-0.1, -0.05) is 34.1 Å². The van der Waals surface area contributed by atoms with E-state index in [-0.39, 0.29) is 0 Å². The first kappa shape index (κ1) is 15.9. The monoisotopic (exact) mass is 230 g/mol. The van der Waals surface area contributed by atoms with Crippen molar-refractivity contribution in [2.75, 3.05) is 20.8 Å². The summed E-state index contributed by atoms with van der Waals surface area (Å²) in [7, 11) is 3.61. The Labute approximate surface area is 102 Å². The van der Waals surface area contributed by atoms with E-state index in [1.165, 1.54) is 12.8 Å². The van der Waals surface area contributed by atoms with E-state index in [1.54, 1.807) is 7.11 Å². The van der Waals surface area contributed by atoms with Gasteiger partial charge in [-0.05, 0) is 24.7 Å². The molecule has 0 aliphatic carbocycles. The smallest absolute Gasteiger partial charge is 0.0623 e. The van der Waals surface area contributed by atoms with Crippen LogP contribution in [0, 0.1) is 17.8 Å². The molecule has 0 bridgehead atoms. The molecule has 0 saturated heterocycles. The van der Waals surface area contributed by atoms with Crippen LogP contribution in [0.1, 0.15) is 47.0 Å². The molecule has 0 aromatic carbocycles. The molecule has 0 saturated carbocycles. The second-order valence-electron chi connectivity index (χ2n) is 5.59. The van der Waals surface area contributed by atoms with Gasteiger partial charge in [0.1, 0.15) is 0 Å². The summed E-state index contributed by atoms with van der Waals surface area (Å²) in [4.78, 5) is 0. The Morgan fingerprint density at radius 2 is 1.50 bits per heavy atom. The van der Waals surface area contributed by atoms with Gasteiger partial charge in [-0.25, -0.2) is 0 Å². The summed E-state index contributed by atoms with van der Waals surface area (Å²) in [5.41, 5.74) is 0. The van der Waals surface area contributed by atoms with Crippen LogP contribution in [0.25, 0.3) is 0 Å². The normalized spacial score (nSPS) is 15.8. The minimum atomic E-state index is 0.346. The van der Waals surface area contributed by atoms with E-state index in [0.717, 1.165) is 18.9 Å². The molecule has 98 valence electrons. The van der Waals surface area contributed by atoms with Gasteiger partial charge in [0.05, 0.1) is 12.7 Å². The van der Waals surface area contributed by atoms with Crippen LogP contribution in [0.2, 0.25) is 0 Å². The summed E-state index contributed by atoms with van der Waals surface area (Å²) in [6.45, 7) is 9.86. The van der Waals surface area contributed by atoms with Gasteiger partial charge in [0.15, 0.2) is 0 Å². The minimum Gasteiger partial charge on any atom is -0.384 e. The van der Waals surface area contributed by atoms with E-state index in [0.29, 0.717) is 17.9 Å². The maximum Gasteiger partial charge on any atom is 0.0623 e. The first-order valence-corrected chi connectivity index (χ1v) is 6.52. The number of hydrogen-bond donors (Lipinski definition) is 0. The quantitative estimate of drug-likeness (QED) is 0.600. The average molecular weight is 230 g/mol. The lowest BCUT2D eigenvalue weighted by Crippen LogP contribution is -2.28. The standard InChI is InChI=1S/C14H30O2/c1-11(2)7-8-13(10-15-5)14(16-6)9-12(3)4/h11-14H,7-10H2,1-6H3. The molecule has 0 N–H and O–H groups in total. The Kier molecular flexibility index (Phi) is 8.96. The molecule has 0 aliphatic rings. The second-order valence-corrected chi connectivity index (χ2v) is 5.59. The fraction of sp³-hybridized carbons (Fsp3) is 1.00. The molecular weight excluding hydrogens is 200 g/mol. The average Bonchev–Trinajstić information content (AvgIpc) is 2.20. The van der Waals surface area contributed by atoms with Crippen molar-refractivity contribution in [3.63, 3.8) is 0 Å². The number of ether oxygens (including phenoxy) is 2. The number of rotatable bonds is 9. The Morgan fingerprint density at radius 3 is 1.88 bits per heavy atom. The van der Waals surface area contributed by atoms with Crippen LogP contribution in [0.15, 0.2) is 0 Å². The van der Waals surface area contributed by atoms with Crippen LogP contribution in [0.3, 0.4) is 0 Å². The van der Waals surface area contributed by atoms with Gasteiger partial charge in [0, 0.05) is 20.1 Å². The first-order chi connectivity index (χ1) is 7.51. The van der Waals surface area contributed by atoms with Crippen LogP contribution in [-0.4, -0.2) is 26.9 Å². The van der Waals surface area contributed by atoms with Crippen molar-refractivity contribution in [1.82, 2.24) is 0 Å². The topological polar surface area (TPSA) is 18.5 Å². The van der Waals surface area contributed by atoms with Crippen LogP contribution < -0.4 is 0 Å². The maximum absolute atomic E-state index is 5.63. The zero-order chi connectivity index (χ0) is 12.6. The predicted octanol–water partition coefficient (Wildman–Crippen LogP) is 3.75. The molecule has 0 aliphatic heterocycles. The van der Waals surface area contributed by atoms with Gasteiger partial charge < -0.3 is 9.47 Å².